The highest BCUT2D eigenvalue weighted by Crippen LogP contribution is 2.29. The number of nitrogens with zero attached hydrogens (tertiary/aromatic N) is 1. The lowest BCUT2D eigenvalue weighted by molar-refractivity contribution is -0.137. The number of hydrogen-bond acceptors (Lipinski definition) is 2. The third-order valence-corrected chi connectivity index (χ3v) is 3.28. The van der Waals surface area contributed by atoms with Gasteiger partial charge in [-0.05, 0) is 49.1 Å². The van der Waals surface area contributed by atoms with Crippen molar-refractivity contribution in [1.82, 2.24) is 4.98 Å². The number of alkyl halides is 3. The summed E-state index contributed by atoms with van der Waals surface area (Å²) in [7, 11) is 0. The van der Waals surface area contributed by atoms with Crippen molar-refractivity contribution in [3.63, 3.8) is 0 Å². The summed E-state index contributed by atoms with van der Waals surface area (Å²) in [6, 6.07) is 10.8. The monoisotopic (exact) mass is 294 g/mol. The van der Waals surface area contributed by atoms with E-state index in [-0.39, 0.29) is 6.04 Å². The van der Waals surface area contributed by atoms with Crippen molar-refractivity contribution in [3.8, 4) is 0 Å². The van der Waals surface area contributed by atoms with Crippen LogP contribution >= 0.6 is 0 Å². The number of nitrogens with two attached hydrogens (primary N) is 1. The van der Waals surface area contributed by atoms with E-state index in [0.29, 0.717) is 6.42 Å². The summed E-state index contributed by atoms with van der Waals surface area (Å²) in [6.45, 7) is 0. The highest BCUT2D eigenvalue weighted by atomic mass is 19.4. The van der Waals surface area contributed by atoms with Crippen LogP contribution in [-0.4, -0.2) is 11.0 Å². The Labute approximate surface area is 121 Å². The van der Waals surface area contributed by atoms with Gasteiger partial charge in [0.05, 0.1) is 5.56 Å². The van der Waals surface area contributed by atoms with Crippen LogP contribution in [0.1, 0.15) is 23.2 Å². The average Bonchev–Trinajstić information content (AvgIpc) is 2.46. The molecule has 1 heterocycles. The predicted molar refractivity (Wildman–Crippen MR) is 75.7 cm³/mol. The largest absolute Gasteiger partial charge is 0.416 e. The molecule has 1 atom stereocenters. The van der Waals surface area contributed by atoms with Gasteiger partial charge in [0, 0.05) is 17.9 Å². The molecular weight excluding hydrogens is 277 g/mol. The number of benzene rings is 1. The second-order valence-corrected chi connectivity index (χ2v) is 5.02. The van der Waals surface area contributed by atoms with E-state index in [1.54, 1.807) is 6.20 Å². The third kappa shape index (κ3) is 4.86. The number of aromatic nitrogens is 1. The van der Waals surface area contributed by atoms with Crippen molar-refractivity contribution in [1.29, 1.82) is 0 Å². The van der Waals surface area contributed by atoms with Gasteiger partial charge in [0.1, 0.15) is 0 Å². The zero-order chi connectivity index (χ0) is 15.3. The molecule has 2 rings (SSSR count). The molecule has 0 fully saturated rings. The lowest BCUT2D eigenvalue weighted by Gasteiger charge is -2.12. The minimum atomic E-state index is -4.29. The molecule has 112 valence electrons. The number of halogens is 3. The van der Waals surface area contributed by atoms with E-state index in [2.05, 4.69) is 4.98 Å². The molecule has 0 aliphatic rings. The summed E-state index contributed by atoms with van der Waals surface area (Å²) in [5.41, 5.74) is 7.18. The lowest BCUT2D eigenvalue weighted by Crippen LogP contribution is -2.23. The van der Waals surface area contributed by atoms with Crippen LogP contribution in [0.3, 0.4) is 0 Å². The highest BCUT2D eigenvalue weighted by molar-refractivity contribution is 5.25. The number of aryl methyl sites for hydroxylation is 1. The first-order valence-corrected chi connectivity index (χ1v) is 6.77. The van der Waals surface area contributed by atoms with Crippen LogP contribution in [0, 0.1) is 0 Å². The summed E-state index contributed by atoms with van der Waals surface area (Å²) >= 11 is 0. The Morgan fingerprint density at radius 3 is 2.33 bits per heavy atom. The lowest BCUT2D eigenvalue weighted by atomic mass is 10.0. The second-order valence-electron chi connectivity index (χ2n) is 5.02. The molecule has 0 saturated carbocycles. The number of rotatable bonds is 5. The Kier molecular flexibility index (Phi) is 4.96. The quantitative estimate of drug-likeness (QED) is 0.915. The summed E-state index contributed by atoms with van der Waals surface area (Å²) in [6.07, 6.45) is -0.484. The molecule has 0 radical (unpaired) electrons. The van der Waals surface area contributed by atoms with Crippen LogP contribution in [0.15, 0.2) is 48.7 Å². The fraction of sp³-hybridized carbons (Fsp3) is 0.312. The van der Waals surface area contributed by atoms with Crippen molar-refractivity contribution >= 4 is 0 Å². The number of pyridine rings is 1. The van der Waals surface area contributed by atoms with Crippen LogP contribution in [0.2, 0.25) is 0 Å². The topological polar surface area (TPSA) is 38.9 Å². The molecule has 5 heteroatoms. The normalized spacial score (nSPS) is 13.1. The Morgan fingerprint density at radius 2 is 1.76 bits per heavy atom. The molecule has 0 amide bonds. The molecule has 2 N–H and O–H groups in total. The molecule has 0 saturated heterocycles. The molecule has 2 aromatic rings. The van der Waals surface area contributed by atoms with E-state index >= 15 is 0 Å². The van der Waals surface area contributed by atoms with Gasteiger partial charge in [-0.1, -0.05) is 18.2 Å². The summed E-state index contributed by atoms with van der Waals surface area (Å²) < 4.78 is 37.4. The first-order chi connectivity index (χ1) is 9.95. The van der Waals surface area contributed by atoms with Gasteiger partial charge < -0.3 is 5.73 Å². The standard InChI is InChI=1S/C16H17F3N2/c17-16(18,19)13-6-4-12(5-7-13)11-14(20)8-9-15-3-1-2-10-21-15/h1-7,10,14H,8-9,11,20H2. The Balaban J connectivity index is 1.86. The van der Waals surface area contributed by atoms with Gasteiger partial charge >= 0.3 is 6.18 Å². The predicted octanol–water partition coefficient (Wildman–Crippen LogP) is 3.60. The van der Waals surface area contributed by atoms with Crippen molar-refractivity contribution < 1.29 is 13.2 Å². The van der Waals surface area contributed by atoms with Crippen LogP contribution in [0.4, 0.5) is 13.2 Å². The van der Waals surface area contributed by atoms with E-state index in [1.807, 2.05) is 18.2 Å². The van der Waals surface area contributed by atoms with E-state index < -0.39 is 11.7 Å². The van der Waals surface area contributed by atoms with E-state index in [9.17, 15) is 13.2 Å². The van der Waals surface area contributed by atoms with Crippen LogP contribution < -0.4 is 5.73 Å². The Morgan fingerprint density at radius 1 is 1.05 bits per heavy atom. The van der Waals surface area contributed by atoms with Gasteiger partial charge in [-0.3, -0.25) is 4.98 Å². The van der Waals surface area contributed by atoms with E-state index in [1.165, 1.54) is 12.1 Å². The third-order valence-electron chi connectivity index (χ3n) is 3.28. The molecule has 0 aliphatic heterocycles. The maximum Gasteiger partial charge on any atom is 0.416 e. The minimum Gasteiger partial charge on any atom is -0.327 e. The van der Waals surface area contributed by atoms with Crippen molar-refractivity contribution in [3.05, 3.63) is 65.5 Å². The van der Waals surface area contributed by atoms with Crippen LogP contribution in [0.5, 0.6) is 0 Å². The van der Waals surface area contributed by atoms with Crippen molar-refractivity contribution in [2.75, 3.05) is 0 Å². The van der Waals surface area contributed by atoms with Crippen molar-refractivity contribution in [2.45, 2.75) is 31.5 Å². The molecule has 1 aromatic heterocycles. The molecule has 1 unspecified atom stereocenters. The summed E-state index contributed by atoms with van der Waals surface area (Å²) in [5, 5.41) is 0. The maximum absolute atomic E-state index is 12.5. The maximum atomic E-state index is 12.5. The number of hydrogen-bond donors (Lipinski definition) is 1. The Hall–Kier alpha value is -1.88. The zero-order valence-corrected chi connectivity index (χ0v) is 11.5. The SMILES string of the molecule is NC(CCc1ccccn1)Cc1ccc(C(F)(F)F)cc1. The molecule has 0 aliphatic carbocycles. The van der Waals surface area contributed by atoms with Crippen LogP contribution in [0.25, 0.3) is 0 Å². The van der Waals surface area contributed by atoms with E-state index in [4.69, 9.17) is 5.73 Å². The highest BCUT2D eigenvalue weighted by Gasteiger charge is 2.29. The molecule has 0 spiro atoms. The molecule has 2 nitrogen and oxygen atoms in total. The summed E-state index contributed by atoms with van der Waals surface area (Å²) in [4.78, 5) is 4.22. The van der Waals surface area contributed by atoms with Gasteiger partial charge in [-0.2, -0.15) is 13.2 Å². The Bertz CT molecular complexity index is 550. The molecule has 21 heavy (non-hydrogen) atoms. The van der Waals surface area contributed by atoms with Gasteiger partial charge in [-0.15, -0.1) is 0 Å². The fourth-order valence-corrected chi connectivity index (χ4v) is 2.11. The van der Waals surface area contributed by atoms with Gasteiger partial charge in [0.2, 0.25) is 0 Å². The van der Waals surface area contributed by atoms with Gasteiger partial charge in [-0.25, -0.2) is 0 Å². The van der Waals surface area contributed by atoms with Crippen LogP contribution in [-0.2, 0) is 19.0 Å². The minimum absolute atomic E-state index is 0.0938. The molecular formula is C16H17F3N2. The fourth-order valence-electron chi connectivity index (χ4n) is 2.11. The molecule has 1 aromatic carbocycles. The first-order valence-electron chi connectivity index (χ1n) is 6.77. The van der Waals surface area contributed by atoms with Crippen molar-refractivity contribution in [2.24, 2.45) is 5.73 Å². The van der Waals surface area contributed by atoms with Gasteiger partial charge in [0.25, 0.3) is 0 Å². The zero-order valence-electron chi connectivity index (χ0n) is 11.5. The van der Waals surface area contributed by atoms with Gasteiger partial charge in [0.15, 0.2) is 0 Å². The average molecular weight is 294 g/mol. The second kappa shape index (κ2) is 6.72. The smallest absolute Gasteiger partial charge is 0.327 e. The molecule has 0 bridgehead atoms. The summed E-state index contributed by atoms with van der Waals surface area (Å²) in [5.74, 6) is 0. The first kappa shape index (κ1) is 15.5. The van der Waals surface area contributed by atoms with E-state index in [0.717, 1.165) is 36.2 Å².